The summed E-state index contributed by atoms with van der Waals surface area (Å²) in [6, 6.07) is 0.766. The van der Waals surface area contributed by atoms with Crippen molar-refractivity contribution in [2.24, 2.45) is 5.92 Å². The molecule has 1 fully saturated rings. The molecule has 88 valence electrons. The van der Waals surface area contributed by atoms with Crippen molar-refractivity contribution in [1.29, 1.82) is 0 Å². The summed E-state index contributed by atoms with van der Waals surface area (Å²) in [5.41, 5.74) is 0. The van der Waals surface area contributed by atoms with Crippen molar-refractivity contribution >= 4 is 0 Å². The summed E-state index contributed by atoms with van der Waals surface area (Å²) in [6.07, 6.45) is 7.37. The van der Waals surface area contributed by atoms with Gasteiger partial charge < -0.3 is 10.4 Å². The van der Waals surface area contributed by atoms with Crippen LogP contribution in [0.2, 0.25) is 0 Å². The average molecular weight is 211 g/mol. The number of nitrogens with one attached hydrogen (secondary N) is 1. The molecule has 1 saturated carbocycles. The molecule has 0 amide bonds. The van der Waals surface area contributed by atoms with Crippen LogP contribution in [0.25, 0.3) is 0 Å². The zero-order valence-corrected chi connectivity index (χ0v) is 10.1. The van der Waals surface area contributed by atoms with Crippen molar-refractivity contribution in [2.45, 2.75) is 64.1 Å². The highest BCUT2D eigenvalue weighted by Crippen LogP contribution is 2.20. The second kappa shape index (κ2) is 6.29. The Balaban J connectivity index is 2.35. The van der Waals surface area contributed by atoms with Gasteiger partial charge in [-0.25, -0.2) is 0 Å². The first-order chi connectivity index (χ1) is 7.15. The summed E-state index contributed by atoms with van der Waals surface area (Å²) < 4.78 is 0. The minimum atomic E-state index is -0.142. The minimum absolute atomic E-state index is 0.142. The fourth-order valence-corrected chi connectivity index (χ4v) is 2.27. The Kier molecular flexibility index (Phi) is 5.34. The first kappa shape index (κ1) is 12.7. The van der Waals surface area contributed by atoms with E-state index in [4.69, 9.17) is 0 Å². The van der Waals surface area contributed by atoms with Crippen molar-refractivity contribution in [3.8, 4) is 0 Å². The van der Waals surface area contributed by atoms with E-state index in [1.807, 2.05) is 6.08 Å². The van der Waals surface area contributed by atoms with Gasteiger partial charge >= 0.3 is 0 Å². The van der Waals surface area contributed by atoms with Crippen LogP contribution < -0.4 is 5.32 Å². The van der Waals surface area contributed by atoms with E-state index >= 15 is 0 Å². The Morgan fingerprint density at radius 2 is 2.07 bits per heavy atom. The molecule has 0 aromatic carbocycles. The zero-order valence-electron chi connectivity index (χ0n) is 10.1. The van der Waals surface area contributed by atoms with Crippen LogP contribution in [-0.4, -0.2) is 23.3 Å². The molecule has 0 spiro atoms. The lowest BCUT2D eigenvalue weighted by Crippen LogP contribution is -2.48. The molecule has 0 saturated heterocycles. The first-order valence-electron chi connectivity index (χ1n) is 6.20. The van der Waals surface area contributed by atoms with Crippen molar-refractivity contribution in [3.05, 3.63) is 12.7 Å². The molecule has 2 heteroatoms. The van der Waals surface area contributed by atoms with Crippen LogP contribution in [0, 0.1) is 5.92 Å². The molecule has 0 heterocycles. The third-order valence-electron chi connectivity index (χ3n) is 3.60. The first-order valence-corrected chi connectivity index (χ1v) is 6.20. The zero-order chi connectivity index (χ0) is 11.3. The molecule has 1 aliphatic carbocycles. The maximum Gasteiger partial charge on any atom is 0.0693 e. The fraction of sp³-hybridized carbons (Fsp3) is 0.846. The van der Waals surface area contributed by atoms with Crippen molar-refractivity contribution < 1.29 is 5.11 Å². The Morgan fingerprint density at radius 3 is 2.67 bits per heavy atom. The van der Waals surface area contributed by atoms with Gasteiger partial charge in [0.2, 0.25) is 0 Å². The molecule has 15 heavy (non-hydrogen) atoms. The summed E-state index contributed by atoms with van der Waals surface area (Å²) in [6.45, 7) is 8.20. The lowest BCUT2D eigenvalue weighted by Gasteiger charge is -2.33. The molecule has 4 atom stereocenters. The number of rotatable bonds is 5. The third-order valence-corrected chi connectivity index (χ3v) is 3.60. The van der Waals surface area contributed by atoms with Gasteiger partial charge in [-0.2, -0.15) is 0 Å². The van der Waals surface area contributed by atoms with Gasteiger partial charge in [0.15, 0.2) is 0 Å². The topological polar surface area (TPSA) is 32.3 Å². The summed E-state index contributed by atoms with van der Waals surface area (Å²) in [5.74, 6) is 0.594. The average Bonchev–Trinajstić information content (AvgIpc) is 2.21. The number of aliphatic hydroxyl groups is 1. The van der Waals surface area contributed by atoms with Gasteiger partial charge in [0.1, 0.15) is 0 Å². The molecule has 0 aliphatic heterocycles. The number of hydrogen-bond acceptors (Lipinski definition) is 2. The molecule has 1 rings (SSSR count). The second-order valence-corrected chi connectivity index (χ2v) is 4.92. The molecule has 4 unspecified atom stereocenters. The van der Waals surface area contributed by atoms with Gasteiger partial charge in [-0.3, -0.25) is 0 Å². The normalized spacial score (nSPS) is 30.9. The minimum Gasteiger partial charge on any atom is -0.392 e. The van der Waals surface area contributed by atoms with Gasteiger partial charge in [0.05, 0.1) is 6.10 Å². The molecule has 0 bridgehead atoms. The SMILES string of the molecule is C=CCC(C)C(C)NC1CCCCC1O. The van der Waals surface area contributed by atoms with E-state index in [1.54, 1.807) is 0 Å². The van der Waals surface area contributed by atoms with E-state index in [0.29, 0.717) is 18.0 Å². The van der Waals surface area contributed by atoms with Crippen molar-refractivity contribution in [2.75, 3.05) is 0 Å². The van der Waals surface area contributed by atoms with E-state index in [1.165, 1.54) is 12.8 Å². The van der Waals surface area contributed by atoms with Gasteiger partial charge in [0.25, 0.3) is 0 Å². The molecule has 0 radical (unpaired) electrons. The Labute approximate surface area is 93.8 Å². The monoisotopic (exact) mass is 211 g/mol. The summed E-state index contributed by atoms with van der Waals surface area (Å²) in [7, 11) is 0. The summed E-state index contributed by atoms with van der Waals surface area (Å²) in [5, 5.41) is 13.4. The van der Waals surface area contributed by atoms with Gasteiger partial charge in [-0.1, -0.05) is 25.8 Å². The molecule has 0 aromatic heterocycles. The molecular formula is C13H25NO. The Morgan fingerprint density at radius 1 is 1.40 bits per heavy atom. The lowest BCUT2D eigenvalue weighted by molar-refractivity contribution is 0.0820. The van der Waals surface area contributed by atoms with Crippen LogP contribution >= 0.6 is 0 Å². The van der Waals surface area contributed by atoms with Crippen LogP contribution in [0.3, 0.4) is 0 Å². The van der Waals surface area contributed by atoms with E-state index in [-0.39, 0.29) is 6.10 Å². The number of allylic oxidation sites excluding steroid dienone is 1. The van der Waals surface area contributed by atoms with Gasteiger partial charge in [0, 0.05) is 12.1 Å². The van der Waals surface area contributed by atoms with Crippen LogP contribution in [0.1, 0.15) is 46.0 Å². The fourth-order valence-electron chi connectivity index (χ4n) is 2.27. The number of hydrogen-bond donors (Lipinski definition) is 2. The summed E-state index contributed by atoms with van der Waals surface area (Å²) >= 11 is 0. The van der Waals surface area contributed by atoms with Crippen LogP contribution in [0.5, 0.6) is 0 Å². The van der Waals surface area contributed by atoms with Crippen molar-refractivity contribution in [1.82, 2.24) is 5.32 Å². The van der Waals surface area contributed by atoms with E-state index < -0.39 is 0 Å². The highest BCUT2D eigenvalue weighted by molar-refractivity contribution is 4.85. The maximum absolute atomic E-state index is 9.85. The van der Waals surface area contributed by atoms with E-state index in [0.717, 1.165) is 19.3 Å². The van der Waals surface area contributed by atoms with E-state index in [9.17, 15) is 5.11 Å². The smallest absolute Gasteiger partial charge is 0.0693 e. The second-order valence-electron chi connectivity index (χ2n) is 4.92. The summed E-state index contributed by atoms with van der Waals surface area (Å²) in [4.78, 5) is 0. The van der Waals surface area contributed by atoms with Crippen LogP contribution in [-0.2, 0) is 0 Å². The molecular weight excluding hydrogens is 186 g/mol. The highest BCUT2D eigenvalue weighted by atomic mass is 16.3. The standard InChI is InChI=1S/C13H25NO/c1-4-7-10(2)11(3)14-12-8-5-6-9-13(12)15/h4,10-15H,1,5-9H2,2-3H3. The molecule has 0 aromatic rings. The Hall–Kier alpha value is -0.340. The quantitative estimate of drug-likeness (QED) is 0.685. The molecule has 2 N–H and O–H groups in total. The third kappa shape index (κ3) is 3.96. The highest BCUT2D eigenvalue weighted by Gasteiger charge is 2.25. The predicted octanol–water partition coefficient (Wildman–Crippen LogP) is 2.48. The van der Waals surface area contributed by atoms with Gasteiger partial charge in [-0.05, 0) is 32.1 Å². The largest absolute Gasteiger partial charge is 0.392 e. The van der Waals surface area contributed by atoms with Crippen molar-refractivity contribution in [3.63, 3.8) is 0 Å². The Bertz CT molecular complexity index is 193. The predicted molar refractivity (Wildman–Crippen MR) is 64.8 cm³/mol. The molecule has 2 nitrogen and oxygen atoms in total. The number of aliphatic hydroxyl groups excluding tert-OH is 1. The maximum atomic E-state index is 9.85. The van der Waals surface area contributed by atoms with Crippen LogP contribution in [0.4, 0.5) is 0 Å². The van der Waals surface area contributed by atoms with E-state index in [2.05, 4.69) is 25.7 Å². The van der Waals surface area contributed by atoms with Crippen LogP contribution in [0.15, 0.2) is 12.7 Å². The lowest BCUT2D eigenvalue weighted by atomic mass is 9.90. The van der Waals surface area contributed by atoms with Gasteiger partial charge in [-0.15, -0.1) is 6.58 Å². The molecule has 1 aliphatic rings.